The van der Waals surface area contributed by atoms with Gasteiger partial charge in [-0.3, -0.25) is 4.79 Å². The Morgan fingerprint density at radius 3 is 2.62 bits per heavy atom. The molecule has 1 saturated heterocycles. The molecule has 1 aliphatic heterocycles. The fourth-order valence-electron chi connectivity index (χ4n) is 1.24. The topological polar surface area (TPSA) is 83.6 Å². The Kier molecular flexibility index (Phi) is 3.02. The second kappa shape index (κ2) is 4.04. The van der Waals surface area contributed by atoms with Crippen molar-refractivity contribution in [3.05, 3.63) is 12.2 Å². The molecule has 0 aliphatic carbocycles. The van der Waals surface area contributed by atoms with Crippen molar-refractivity contribution in [2.24, 2.45) is 5.73 Å². The van der Waals surface area contributed by atoms with Crippen LogP contribution in [0.25, 0.3) is 0 Å². The van der Waals surface area contributed by atoms with Crippen LogP contribution in [0.4, 0.5) is 0 Å². The van der Waals surface area contributed by atoms with E-state index in [1.54, 1.807) is 4.90 Å². The lowest BCUT2D eigenvalue weighted by Crippen LogP contribution is -2.30. The fourth-order valence-corrected chi connectivity index (χ4v) is 1.24. The second-order valence-corrected chi connectivity index (χ2v) is 3.00. The van der Waals surface area contributed by atoms with E-state index in [1.807, 2.05) is 0 Å². The summed E-state index contributed by atoms with van der Waals surface area (Å²) in [5, 5.41) is 8.27. The van der Waals surface area contributed by atoms with Crippen molar-refractivity contribution in [2.45, 2.75) is 12.5 Å². The van der Waals surface area contributed by atoms with Gasteiger partial charge in [0, 0.05) is 31.3 Å². The Labute approximate surface area is 75.8 Å². The third kappa shape index (κ3) is 2.87. The van der Waals surface area contributed by atoms with E-state index in [9.17, 15) is 9.59 Å². The first-order valence-corrected chi connectivity index (χ1v) is 4.05. The van der Waals surface area contributed by atoms with E-state index in [0.29, 0.717) is 13.1 Å². The van der Waals surface area contributed by atoms with Crippen LogP contribution in [0, 0.1) is 0 Å². The molecule has 1 atom stereocenters. The zero-order chi connectivity index (χ0) is 9.84. The SMILES string of the molecule is NC1CCN(C(=O)/C=C/C(=O)O)C1. The monoisotopic (exact) mass is 184 g/mol. The summed E-state index contributed by atoms with van der Waals surface area (Å²) in [6.07, 6.45) is 2.68. The molecule has 0 aromatic rings. The van der Waals surface area contributed by atoms with Crippen molar-refractivity contribution in [1.29, 1.82) is 0 Å². The normalized spacial score (nSPS) is 22.5. The molecule has 3 N–H and O–H groups in total. The van der Waals surface area contributed by atoms with Crippen molar-refractivity contribution in [3.8, 4) is 0 Å². The molecule has 1 amide bonds. The Hall–Kier alpha value is -1.36. The van der Waals surface area contributed by atoms with Crippen LogP contribution in [0.3, 0.4) is 0 Å². The molecule has 0 aromatic heterocycles. The molecule has 5 nitrogen and oxygen atoms in total. The first-order chi connectivity index (χ1) is 6.09. The number of carbonyl (C=O) groups excluding carboxylic acids is 1. The number of amides is 1. The highest BCUT2D eigenvalue weighted by atomic mass is 16.4. The van der Waals surface area contributed by atoms with Gasteiger partial charge in [0.05, 0.1) is 0 Å². The summed E-state index contributed by atoms with van der Waals surface area (Å²) < 4.78 is 0. The van der Waals surface area contributed by atoms with Gasteiger partial charge in [-0.15, -0.1) is 0 Å². The van der Waals surface area contributed by atoms with Crippen molar-refractivity contribution >= 4 is 11.9 Å². The van der Waals surface area contributed by atoms with Crippen molar-refractivity contribution < 1.29 is 14.7 Å². The number of carboxylic acids is 1. The van der Waals surface area contributed by atoms with Gasteiger partial charge < -0.3 is 15.7 Å². The van der Waals surface area contributed by atoms with Crippen LogP contribution in [0.5, 0.6) is 0 Å². The summed E-state index contributed by atoms with van der Waals surface area (Å²) in [5.41, 5.74) is 5.58. The van der Waals surface area contributed by atoms with Gasteiger partial charge in [-0.1, -0.05) is 0 Å². The van der Waals surface area contributed by atoms with Crippen LogP contribution in [0.15, 0.2) is 12.2 Å². The van der Waals surface area contributed by atoms with Gasteiger partial charge in [-0.25, -0.2) is 4.79 Å². The van der Waals surface area contributed by atoms with Crippen LogP contribution >= 0.6 is 0 Å². The van der Waals surface area contributed by atoms with E-state index in [2.05, 4.69) is 0 Å². The molecular weight excluding hydrogens is 172 g/mol. The summed E-state index contributed by atoms with van der Waals surface area (Å²) >= 11 is 0. The van der Waals surface area contributed by atoms with Crippen LogP contribution < -0.4 is 5.73 Å². The highest BCUT2D eigenvalue weighted by Crippen LogP contribution is 2.06. The molecule has 0 radical (unpaired) electrons. The number of carboxylic acid groups (broad SMARTS) is 1. The van der Waals surface area contributed by atoms with Gasteiger partial charge in [0.15, 0.2) is 0 Å². The number of hydrogen-bond acceptors (Lipinski definition) is 3. The minimum atomic E-state index is -1.11. The summed E-state index contributed by atoms with van der Waals surface area (Å²) in [7, 11) is 0. The van der Waals surface area contributed by atoms with E-state index in [4.69, 9.17) is 10.8 Å². The molecule has 0 spiro atoms. The lowest BCUT2D eigenvalue weighted by molar-refractivity contribution is -0.132. The molecule has 0 aromatic carbocycles. The molecule has 1 heterocycles. The number of likely N-dealkylation sites (tertiary alicyclic amines) is 1. The van der Waals surface area contributed by atoms with Gasteiger partial charge in [0.25, 0.3) is 0 Å². The molecule has 0 bridgehead atoms. The molecule has 72 valence electrons. The molecular formula is C8H12N2O3. The third-order valence-corrected chi connectivity index (χ3v) is 1.90. The predicted molar refractivity (Wildman–Crippen MR) is 45.9 cm³/mol. The quantitative estimate of drug-likeness (QED) is 0.549. The lowest BCUT2D eigenvalue weighted by atomic mass is 10.3. The molecule has 1 aliphatic rings. The Balaban J connectivity index is 2.44. The largest absolute Gasteiger partial charge is 0.478 e. The first-order valence-electron chi connectivity index (χ1n) is 4.05. The summed E-state index contributed by atoms with van der Waals surface area (Å²) in [6.45, 7) is 1.13. The van der Waals surface area contributed by atoms with Gasteiger partial charge in [0.2, 0.25) is 5.91 Å². The van der Waals surface area contributed by atoms with E-state index in [-0.39, 0.29) is 11.9 Å². The summed E-state index contributed by atoms with van der Waals surface area (Å²) in [4.78, 5) is 22.9. The number of aliphatic carboxylic acids is 1. The minimum Gasteiger partial charge on any atom is -0.478 e. The van der Waals surface area contributed by atoms with E-state index < -0.39 is 5.97 Å². The van der Waals surface area contributed by atoms with Crippen molar-refractivity contribution in [3.63, 3.8) is 0 Å². The standard InChI is InChI=1S/C8H12N2O3/c9-6-3-4-10(5-6)7(11)1-2-8(12)13/h1-2,6H,3-5,9H2,(H,12,13)/b2-1+. The van der Waals surface area contributed by atoms with Crippen molar-refractivity contribution in [1.82, 2.24) is 4.90 Å². The lowest BCUT2D eigenvalue weighted by Gasteiger charge is -2.12. The van der Waals surface area contributed by atoms with Crippen LogP contribution in [-0.2, 0) is 9.59 Å². The van der Waals surface area contributed by atoms with Crippen LogP contribution in [0.1, 0.15) is 6.42 Å². The van der Waals surface area contributed by atoms with Crippen LogP contribution in [0.2, 0.25) is 0 Å². The maximum atomic E-state index is 11.2. The average Bonchev–Trinajstić information content (AvgIpc) is 2.47. The van der Waals surface area contributed by atoms with E-state index >= 15 is 0 Å². The number of nitrogens with two attached hydrogens (primary N) is 1. The molecule has 13 heavy (non-hydrogen) atoms. The van der Waals surface area contributed by atoms with E-state index in [0.717, 1.165) is 18.6 Å². The van der Waals surface area contributed by atoms with Gasteiger partial charge in [0.1, 0.15) is 0 Å². The molecule has 5 heteroatoms. The summed E-state index contributed by atoms with van der Waals surface area (Å²) in [5.74, 6) is -1.40. The number of nitrogens with zero attached hydrogens (tertiary/aromatic N) is 1. The van der Waals surface area contributed by atoms with Gasteiger partial charge in [-0.05, 0) is 6.42 Å². The smallest absolute Gasteiger partial charge is 0.328 e. The highest BCUT2D eigenvalue weighted by molar-refractivity contribution is 5.94. The Morgan fingerprint density at radius 1 is 1.46 bits per heavy atom. The second-order valence-electron chi connectivity index (χ2n) is 3.00. The summed E-state index contributed by atoms with van der Waals surface area (Å²) in [6, 6.07) is 0.0298. The number of carbonyl (C=O) groups is 2. The Bertz CT molecular complexity index is 250. The number of hydrogen-bond donors (Lipinski definition) is 2. The molecule has 0 saturated carbocycles. The number of rotatable bonds is 2. The first kappa shape index (κ1) is 9.73. The molecule has 1 rings (SSSR count). The minimum absolute atomic E-state index is 0.0298. The third-order valence-electron chi connectivity index (χ3n) is 1.90. The zero-order valence-corrected chi connectivity index (χ0v) is 7.14. The Morgan fingerprint density at radius 2 is 2.15 bits per heavy atom. The zero-order valence-electron chi connectivity index (χ0n) is 7.14. The van der Waals surface area contributed by atoms with Crippen LogP contribution in [-0.4, -0.2) is 41.0 Å². The molecule has 1 unspecified atom stereocenters. The van der Waals surface area contributed by atoms with Crippen molar-refractivity contribution in [2.75, 3.05) is 13.1 Å². The maximum absolute atomic E-state index is 11.2. The van der Waals surface area contributed by atoms with Gasteiger partial charge in [-0.2, -0.15) is 0 Å². The fraction of sp³-hybridized carbons (Fsp3) is 0.500. The van der Waals surface area contributed by atoms with Gasteiger partial charge >= 0.3 is 5.97 Å². The highest BCUT2D eigenvalue weighted by Gasteiger charge is 2.21. The molecule has 1 fully saturated rings. The predicted octanol–water partition coefficient (Wildman–Crippen LogP) is -0.813. The maximum Gasteiger partial charge on any atom is 0.328 e. The average molecular weight is 184 g/mol. The van der Waals surface area contributed by atoms with E-state index in [1.165, 1.54) is 0 Å².